The van der Waals surface area contributed by atoms with E-state index in [1.54, 1.807) is 6.92 Å². The lowest BCUT2D eigenvalue weighted by Gasteiger charge is -1.86. The maximum atomic E-state index is 5.37. The fraction of sp³-hybridized carbons (Fsp3) is 0.125. The van der Waals surface area contributed by atoms with Gasteiger partial charge in [0.25, 0.3) is 11.8 Å². The highest BCUT2D eigenvalue weighted by atomic mass is 32.1. The van der Waals surface area contributed by atoms with Crippen LogP contribution in [0, 0.1) is 6.92 Å². The summed E-state index contributed by atoms with van der Waals surface area (Å²) in [6.07, 6.45) is 0. The molecular formula is C8H7N7O2S. The fourth-order valence-corrected chi connectivity index (χ4v) is 2.24. The first-order valence-electron chi connectivity index (χ1n) is 4.79. The standard InChI is InChI=1S/C8H7N7O2S/c1-2-3(4-12-14-7(9)16-4)18-6(11-2)5-13-15-8(10)17-5/h1H3,(H2,9,14)(H2,10,15). The molecule has 0 aliphatic heterocycles. The van der Waals surface area contributed by atoms with Crippen LogP contribution >= 0.6 is 11.3 Å². The summed E-state index contributed by atoms with van der Waals surface area (Å²) in [5, 5.41) is 15.2. The van der Waals surface area contributed by atoms with Crippen LogP contribution in [0.25, 0.3) is 21.7 Å². The molecule has 92 valence electrons. The summed E-state index contributed by atoms with van der Waals surface area (Å²) < 4.78 is 10.2. The second kappa shape index (κ2) is 3.77. The van der Waals surface area contributed by atoms with Gasteiger partial charge in [0.05, 0.1) is 5.69 Å². The maximum Gasteiger partial charge on any atom is 0.313 e. The smallest absolute Gasteiger partial charge is 0.313 e. The van der Waals surface area contributed by atoms with E-state index in [4.69, 9.17) is 20.3 Å². The zero-order valence-corrected chi connectivity index (χ0v) is 9.93. The summed E-state index contributed by atoms with van der Waals surface area (Å²) >= 11 is 1.28. The van der Waals surface area contributed by atoms with Crippen LogP contribution in [0.5, 0.6) is 0 Å². The van der Waals surface area contributed by atoms with Crippen LogP contribution in [0.2, 0.25) is 0 Å². The highest BCUT2D eigenvalue weighted by molar-refractivity contribution is 7.18. The van der Waals surface area contributed by atoms with Crippen LogP contribution in [-0.2, 0) is 0 Å². The van der Waals surface area contributed by atoms with Crippen molar-refractivity contribution in [1.29, 1.82) is 0 Å². The van der Waals surface area contributed by atoms with Crippen molar-refractivity contribution in [1.82, 2.24) is 25.4 Å². The van der Waals surface area contributed by atoms with Gasteiger partial charge in [-0.3, -0.25) is 0 Å². The van der Waals surface area contributed by atoms with Crippen molar-refractivity contribution in [3.8, 4) is 21.7 Å². The highest BCUT2D eigenvalue weighted by Crippen LogP contribution is 2.34. The molecule has 0 aliphatic rings. The van der Waals surface area contributed by atoms with Crippen LogP contribution < -0.4 is 11.5 Å². The molecule has 0 unspecified atom stereocenters. The van der Waals surface area contributed by atoms with Crippen LogP contribution in [0.1, 0.15) is 5.69 Å². The Balaban J connectivity index is 2.06. The van der Waals surface area contributed by atoms with Crippen molar-refractivity contribution in [2.24, 2.45) is 0 Å². The summed E-state index contributed by atoms with van der Waals surface area (Å²) in [4.78, 5) is 4.98. The van der Waals surface area contributed by atoms with Crippen molar-refractivity contribution in [3.05, 3.63) is 5.69 Å². The van der Waals surface area contributed by atoms with Gasteiger partial charge in [-0.05, 0) is 6.92 Å². The molecular weight excluding hydrogens is 258 g/mol. The SMILES string of the molecule is Cc1nc(-c2nnc(N)o2)sc1-c1nnc(N)o1. The number of anilines is 2. The molecule has 0 fully saturated rings. The number of thiazole rings is 1. The molecule has 0 bridgehead atoms. The molecule has 0 radical (unpaired) electrons. The van der Waals surface area contributed by atoms with Crippen LogP contribution in [0.15, 0.2) is 8.83 Å². The lowest BCUT2D eigenvalue weighted by Crippen LogP contribution is -1.81. The van der Waals surface area contributed by atoms with Gasteiger partial charge in [0.2, 0.25) is 0 Å². The molecule has 0 atom stereocenters. The van der Waals surface area contributed by atoms with Crippen LogP contribution in [0.3, 0.4) is 0 Å². The largest absolute Gasteiger partial charge is 0.403 e. The quantitative estimate of drug-likeness (QED) is 0.684. The predicted octanol–water partition coefficient (Wildman–Crippen LogP) is 0.716. The van der Waals surface area contributed by atoms with E-state index < -0.39 is 0 Å². The first-order valence-corrected chi connectivity index (χ1v) is 5.61. The molecule has 0 saturated carbocycles. The number of aromatic nitrogens is 5. The molecule has 0 spiro atoms. The number of hydrogen-bond donors (Lipinski definition) is 2. The molecule has 9 nitrogen and oxygen atoms in total. The molecule has 0 aliphatic carbocycles. The second-order valence-electron chi connectivity index (χ2n) is 3.32. The Hall–Kier alpha value is -2.49. The highest BCUT2D eigenvalue weighted by Gasteiger charge is 2.19. The predicted molar refractivity (Wildman–Crippen MR) is 62.3 cm³/mol. The van der Waals surface area contributed by atoms with Gasteiger partial charge in [-0.15, -0.1) is 21.5 Å². The summed E-state index contributed by atoms with van der Waals surface area (Å²) in [5.74, 6) is 0.556. The molecule has 0 saturated heterocycles. The third kappa shape index (κ3) is 1.68. The van der Waals surface area contributed by atoms with Gasteiger partial charge in [0, 0.05) is 0 Å². The number of nitrogens with zero attached hydrogens (tertiary/aromatic N) is 5. The molecule has 0 aromatic carbocycles. The molecule has 3 aromatic rings. The van der Waals surface area contributed by atoms with Gasteiger partial charge in [0.1, 0.15) is 4.88 Å². The number of hydrogen-bond acceptors (Lipinski definition) is 10. The average Bonchev–Trinajstić information content (AvgIpc) is 2.99. The minimum atomic E-state index is -0.0126. The number of nitrogens with two attached hydrogens (primary N) is 2. The van der Waals surface area contributed by atoms with E-state index in [-0.39, 0.29) is 17.9 Å². The topological polar surface area (TPSA) is 143 Å². The zero-order chi connectivity index (χ0) is 12.7. The van der Waals surface area contributed by atoms with Crippen LogP contribution in [0.4, 0.5) is 12.0 Å². The minimum absolute atomic E-state index is 0.00128. The first-order chi connectivity index (χ1) is 8.63. The Morgan fingerprint density at radius 1 is 0.944 bits per heavy atom. The van der Waals surface area contributed by atoms with Gasteiger partial charge < -0.3 is 20.3 Å². The average molecular weight is 265 g/mol. The Morgan fingerprint density at radius 3 is 2.11 bits per heavy atom. The number of aryl methyl sites for hydroxylation is 1. The van der Waals surface area contributed by atoms with E-state index in [2.05, 4.69) is 25.4 Å². The molecule has 3 rings (SSSR count). The van der Waals surface area contributed by atoms with Crippen molar-refractivity contribution in [2.75, 3.05) is 11.5 Å². The van der Waals surface area contributed by atoms with E-state index in [1.165, 1.54) is 11.3 Å². The molecule has 3 aromatic heterocycles. The van der Waals surface area contributed by atoms with E-state index >= 15 is 0 Å². The summed E-state index contributed by atoms with van der Waals surface area (Å²) in [7, 11) is 0. The Bertz CT molecular complexity index is 700. The Kier molecular flexibility index (Phi) is 2.23. The first kappa shape index (κ1) is 10.7. The van der Waals surface area contributed by atoms with Crippen LogP contribution in [-0.4, -0.2) is 25.4 Å². The summed E-state index contributed by atoms with van der Waals surface area (Å²) in [6, 6.07) is -0.0113. The molecule has 10 heteroatoms. The summed E-state index contributed by atoms with van der Waals surface area (Å²) in [6.45, 7) is 1.80. The fourth-order valence-electron chi connectivity index (χ4n) is 1.33. The minimum Gasteiger partial charge on any atom is -0.403 e. The van der Waals surface area contributed by atoms with E-state index in [0.29, 0.717) is 21.5 Å². The number of rotatable bonds is 2. The molecule has 3 heterocycles. The van der Waals surface area contributed by atoms with Gasteiger partial charge in [-0.2, -0.15) is 0 Å². The third-order valence-electron chi connectivity index (χ3n) is 2.06. The van der Waals surface area contributed by atoms with Gasteiger partial charge in [-0.25, -0.2) is 4.98 Å². The van der Waals surface area contributed by atoms with Crippen molar-refractivity contribution in [2.45, 2.75) is 6.92 Å². The van der Waals surface area contributed by atoms with E-state index in [0.717, 1.165) is 0 Å². The van der Waals surface area contributed by atoms with Gasteiger partial charge in [-0.1, -0.05) is 10.2 Å². The van der Waals surface area contributed by atoms with Crippen molar-refractivity contribution >= 4 is 23.4 Å². The van der Waals surface area contributed by atoms with Crippen molar-refractivity contribution < 1.29 is 8.83 Å². The Morgan fingerprint density at radius 2 is 1.56 bits per heavy atom. The molecule has 18 heavy (non-hydrogen) atoms. The van der Waals surface area contributed by atoms with Crippen molar-refractivity contribution in [3.63, 3.8) is 0 Å². The third-order valence-corrected chi connectivity index (χ3v) is 3.19. The van der Waals surface area contributed by atoms with E-state index in [9.17, 15) is 0 Å². The van der Waals surface area contributed by atoms with Gasteiger partial charge >= 0.3 is 12.0 Å². The zero-order valence-electron chi connectivity index (χ0n) is 9.12. The Labute approximate surface area is 104 Å². The summed E-state index contributed by atoms with van der Waals surface area (Å²) in [5.41, 5.74) is 11.4. The number of nitrogen functional groups attached to an aromatic ring is 2. The van der Waals surface area contributed by atoms with Gasteiger partial charge in [0.15, 0.2) is 5.01 Å². The molecule has 0 amide bonds. The monoisotopic (exact) mass is 265 g/mol. The second-order valence-corrected chi connectivity index (χ2v) is 4.32. The lowest BCUT2D eigenvalue weighted by atomic mass is 10.4. The normalized spacial score (nSPS) is 10.9. The molecule has 4 N–H and O–H groups in total. The van der Waals surface area contributed by atoms with E-state index in [1.807, 2.05) is 0 Å². The lowest BCUT2D eigenvalue weighted by molar-refractivity contribution is 0.589. The maximum absolute atomic E-state index is 5.37.